The molecule has 8 heteroatoms. The SMILES string of the molecule is COc1ccc(NC(=O)c2cnc3c(c2)N(C(=O)Cc2ccc(O)cc2)CCC3)cn1. The number of carbonyl (C=O) groups is 2. The Bertz CT molecular complexity index is 1100. The molecule has 2 amide bonds. The summed E-state index contributed by atoms with van der Waals surface area (Å²) in [6, 6.07) is 11.6. The molecule has 0 saturated heterocycles. The number of hydrogen-bond acceptors (Lipinski definition) is 6. The number of pyridine rings is 2. The van der Waals surface area contributed by atoms with E-state index < -0.39 is 0 Å². The van der Waals surface area contributed by atoms with Gasteiger partial charge in [-0.15, -0.1) is 0 Å². The van der Waals surface area contributed by atoms with Crippen molar-refractivity contribution in [3.05, 3.63) is 71.7 Å². The Morgan fingerprint density at radius 2 is 1.94 bits per heavy atom. The number of fused-ring (bicyclic) bond motifs is 1. The van der Waals surface area contributed by atoms with E-state index in [0.717, 1.165) is 24.1 Å². The number of anilines is 2. The Labute approximate surface area is 179 Å². The van der Waals surface area contributed by atoms with E-state index in [4.69, 9.17) is 4.74 Å². The van der Waals surface area contributed by atoms with Crippen molar-refractivity contribution in [3.63, 3.8) is 0 Å². The van der Waals surface area contributed by atoms with Crippen LogP contribution in [0.3, 0.4) is 0 Å². The summed E-state index contributed by atoms with van der Waals surface area (Å²) in [5.74, 6) is 0.201. The average Bonchev–Trinajstić information content (AvgIpc) is 2.80. The van der Waals surface area contributed by atoms with Gasteiger partial charge in [0, 0.05) is 18.8 Å². The van der Waals surface area contributed by atoms with Crippen molar-refractivity contribution in [2.45, 2.75) is 19.3 Å². The second kappa shape index (κ2) is 8.83. The van der Waals surface area contributed by atoms with Gasteiger partial charge in [0.15, 0.2) is 0 Å². The maximum absolute atomic E-state index is 13.0. The van der Waals surface area contributed by atoms with Crippen molar-refractivity contribution >= 4 is 23.2 Å². The number of carbonyl (C=O) groups excluding carboxylic acids is 2. The summed E-state index contributed by atoms with van der Waals surface area (Å²) in [5.41, 5.74) is 3.16. The number of phenolic OH excluding ortho intramolecular Hbond substituents is 1. The van der Waals surface area contributed by atoms with Crippen LogP contribution in [-0.2, 0) is 17.6 Å². The van der Waals surface area contributed by atoms with Crippen LogP contribution in [0.5, 0.6) is 11.6 Å². The third-order valence-electron chi connectivity index (χ3n) is 5.09. The third-order valence-corrected chi connectivity index (χ3v) is 5.09. The minimum atomic E-state index is -0.334. The number of hydrogen-bond donors (Lipinski definition) is 2. The summed E-state index contributed by atoms with van der Waals surface area (Å²) < 4.78 is 5.02. The predicted octanol–water partition coefficient (Wildman–Crippen LogP) is 2.97. The number of rotatable bonds is 5. The molecule has 0 fully saturated rings. The lowest BCUT2D eigenvalue weighted by molar-refractivity contribution is -0.118. The molecule has 0 bridgehead atoms. The van der Waals surface area contributed by atoms with E-state index >= 15 is 0 Å². The average molecular weight is 418 g/mol. The minimum absolute atomic E-state index is 0.0784. The Morgan fingerprint density at radius 3 is 2.65 bits per heavy atom. The largest absolute Gasteiger partial charge is 0.508 e. The molecule has 31 heavy (non-hydrogen) atoms. The zero-order valence-electron chi connectivity index (χ0n) is 17.0. The molecule has 3 heterocycles. The summed E-state index contributed by atoms with van der Waals surface area (Å²) in [6.07, 6.45) is 4.80. The Kier molecular flexibility index (Phi) is 5.79. The van der Waals surface area contributed by atoms with Crippen molar-refractivity contribution in [1.29, 1.82) is 0 Å². The highest BCUT2D eigenvalue weighted by molar-refractivity contribution is 6.05. The zero-order valence-corrected chi connectivity index (χ0v) is 17.0. The van der Waals surface area contributed by atoms with Gasteiger partial charge in [-0.3, -0.25) is 14.6 Å². The lowest BCUT2D eigenvalue weighted by Crippen LogP contribution is -2.37. The van der Waals surface area contributed by atoms with Crippen molar-refractivity contribution in [3.8, 4) is 11.6 Å². The Morgan fingerprint density at radius 1 is 1.13 bits per heavy atom. The first-order valence-electron chi connectivity index (χ1n) is 9.92. The third kappa shape index (κ3) is 4.63. The van der Waals surface area contributed by atoms with Gasteiger partial charge in [0.2, 0.25) is 11.8 Å². The lowest BCUT2D eigenvalue weighted by atomic mass is 10.0. The number of ether oxygens (including phenoxy) is 1. The summed E-state index contributed by atoms with van der Waals surface area (Å²) >= 11 is 0. The minimum Gasteiger partial charge on any atom is -0.508 e. The summed E-state index contributed by atoms with van der Waals surface area (Å²) in [4.78, 5) is 35.9. The van der Waals surface area contributed by atoms with Gasteiger partial charge in [-0.2, -0.15) is 0 Å². The number of methoxy groups -OCH3 is 1. The molecule has 0 aliphatic carbocycles. The number of aryl methyl sites for hydroxylation is 1. The summed E-state index contributed by atoms with van der Waals surface area (Å²) in [7, 11) is 1.52. The quantitative estimate of drug-likeness (QED) is 0.660. The highest BCUT2D eigenvalue weighted by Crippen LogP contribution is 2.28. The molecule has 0 spiro atoms. The predicted molar refractivity (Wildman–Crippen MR) is 115 cm³/mol. The van der Waals surface area contributed by atoms with E-state index in [1.165, 1.54) is 19.5 Å². The van der Waals surface area contributed by atoms with Crippen LogP contribution in [0.2, 0.25) is 0 Å². The number of aromatic nitrogens is 2. The van der Waals surface area contributed by atoms with Gasteiger partial charge < -0.3 is 20.1 Å². The molecule has 0 unspecified atom stereocenters. The first kappa shape index (κ1) is 20.3. The van der Waals surface area contributed by atoms with Gasteiger partial charge in [-0.25, -0.2) is 4.98 Å². The molecule has 4 rings (SSSR count). The number of nitrogens with zero attached hydrogens (tertiary/aromatic N) is 3. The number of benzene rings is 1. The number of amides is 2. The summed E-state index contributed by atoms with van der Waals surface area (Å²) in [6.45, 7) is 0.569. The summed E-state index contributed by atoms with van der Waals surface area (Å²) in [5, 5.41) is 12.2. The van der Waals surface area contributed by atoms with Gasteiger partial charge in [0.05, 0.1) is 42.4 Å². The van der Waals surface area contributed by atoms with Crippen molar-refractivity contribution in [2.75, 3.05) is 23.9 Å². The van der Waals surface area contributed by atoms with Gasteiger partial charge in [0.25, 0.3) is 5.91 Å². The fourth-order valence-corrected chi connectivity index (χ4v) is 3.48. The van der Waals surface area contributed by atoms with Crippen LogP contribution in [0.1, 0.15) is 28.0 Å². The Hall–Kier alpha value is -3.94. The van der Waals surface area contributed by atoms with Gasteiger partial charge in [-0.1, -0.05) is 12.1 Å². The topological polar surface area (TPSA) is 105 Å². The number of nitrogens with one attached hydrogen (secondary N) is 1. The fourth-order valence-electron chi connectivity index (χ4n) is 3.48. The van der Waals surface area contributed by atoms with Crippen molar-refractivity contribution in [1.82, 2.24) is 9.97 Å². The molecule has 1 aromatic carbocycles. The number of phenols is 1. The lowest BCUT2D eigenvalue weighted by Gasteiger charge is -2.29. The molecule has 1 aliphatic heterocycles. The van der Waals surface area contributed by atoms with E-state index in [1.54, 1.807) is 47.4 Å². The first-order chi connectivity index (χ1) is 15.0. The van der Waals surface area contributed by atoms with Crippen LogP contribution in [0.25, 0.3) is 0 Å². The van der Waals surface area contributed by atoms with Gasteiger partial charge in [0.1, 0.15) is 5.75 Å². The smallest absolute Gasteiger partial charge is 0.257 e. The van der Waals surface area contributed by atoms with Crippen molar-refractivity contribution < 1.29 is 19.4 Å². The molecular weight excluding hydrogens is 396 g/mol. The maximum Gasteiger partial charge on any atom is 0.257 e. The van der Waals surface area contributed by atoms with E-state index in [9.17, 15) is 14.7 Å². The highest BCUT2D eigenvalue weighted by atomic mass is 16.5. The molecular formula is C23H22N4O4. The van der Waals surface area contributed by atoms with E-state index in [1.807, 2.05) is 0 Å². The van der Waals surface area contributed by atoms with Crippen LogP contribution in [0.4, 0.5) is 11.4 Å². The second-order valence-corrected chi connectivity index (χ2v) is 7.23. The van der Waals surface area contributed by atoms with Gasteiger partial charge in [-0.05, 0) is 42.7 Å². The van der Waals surface area contributed by atoms with Gasteiger partial charge >= 0.3 is 0 Å². The standard InChI is InChI=1S/C23H22N4O4/c1-31-21-9-6-17(14-25-21)26-23(30)16-12-20-19(24-13-16)3-2-10-27(20)22(29)11-15-4-7-18(28)8-5-15/h4-9,12-14,28H,2-3,10-11H2,1H3,(H,26,30). The zero-order chi connectivity index (χ0) is 21.8. The first-order valence-corrected chi connectivity index (χ1v) is 9.92. The maximum atomic E-state index is 13.0. The highest BCUT2D eigenvalue weighted by Gasteiger charge is 2.25. The normalized spacial score (nSPS) is 12.7. The van der Waals surface area contributed by atoms with Crippen LogP contribution in [-0.4, -0.2) is 40.5 Å². The molecule has 8 nitrogen and oxygen atoms in total. The molecule has 3 aromatic rings. The monoisotopic (exact) mass is 418 g/mol. The van der Waals surface area contributed by atoms with Crippen LogP contribution in [0, 0.1) is 0 Å². The van der Waals surface area contributed by atoms with Crippen LogP contribution < -0.4 is 15.0 Å². The molecule has 2 N–H and O–H groups in total. The molecule has 2 aromatic heterocycles. The number of aromatic hydroxyl groups is 1. The molecule has 0 atom stereocenters. The Balaban J connectivity index is 1.53. The van der Waals surface area contributed by atoms with E-state index in [0.29, 0.717) is 29.4 Å². The molecule has 158 valence electrons. The van der Waals surface area contributed by atoms with E-state index in [2.05, 4.69) is 15.3 Å². The molecule has 1 aliphatic rings. The van der Waals surface area contributed by atoms with E-state index in [-0.39, 0.29) is 24.0 Å². The molecule has 0 radical (unpaired) electrons. The molecule has 0 saturated carbocycles. The fraction of sp³-hybridized carbons (Fsp3) is 0.217. The van der Waals surface area contributed by atoms with Crippen LogP contribution >= 0.6 is 0 Å². The second-order valence-electron chi connectivity index (χ2n) is 7.23. The van der Waals surface area contributed by atoms with Crippen LogP contribution in [0.15, 0.2) is 54.9 Å². The van der Waals surface area contributed by atoms with Crippen molar-refractivity contribution in [2.24, 2.45) is 0 Å².